The molecule has 0 bridgehead atoms. The summed E-state index contributed by atoms with van der Waals surface area (Å²) in [6, 6.07) is 10.4. The molecule has 1 saturated carbocycles. The van der Waals surface area contributed by atoms with Gasteiger partial charge >= 0.3 is 5.97 Å². The van der Waals surface area contributed by atoms with Crippen LogP contribution in [-0.4, -0.2) is 45.7 Å². The molecule has 0 unspecified atom stereocenters. The Hall–Kier alpha value is -3.32. The highest BCUT2D eigenvalue weighted by Crippen LogP contribution is 2.32. The minimum absolute atomic E-state index is 0.0273. The second-order valence-electron chi connectivity index (χ2n) is 9.94. The maximum absolute atomic E-state index is 13.0. The van der Waals surface area contributed by atoms with Crippen molar-refractivity contribution in [3.05, 3.63) is 65.2 Å². The summed E-state index contributed by atoms with van der Waals surface area (Å²) < 4.78 is 5.66. The third-order valence-corrected chi connectivity index (χ3v) is 6.38. The molecule has 1 fully saturated rings. The van der Waals surface area contributed by atoms with Crippen molar-refractivity contribution < 1.29 is 24.5 Å². The summed E-state index contributed by atoms with van der Waals surface area (Å²) in [6.45, 7) is 9.97. The van der Waals surface area contributed by atoms with E-state index in [0.717, 1.165) is 42.9 Å². The molecule has 1 aliphatic rings. The highest BCUT2D eigenvalue weighted by Gasteiger charge is 2.31. The van der Waals surface area contributed by atoms with Crippen molar-refractivity contribution in [3.63, 3.8) is 0 Å². The molecule has 0 heterocycles. The van der Waals surface area contributed by atoms with Gasteiger partial charge in [-0.25, -0.2) is 0 Å². The van der Waals surface area contributed by atoms with Gasteiger partial charge in [-0.3, -0.25) is 14.9 Å². The molecule has 0 aromatic heterocycles. The Morgan fingerprint density at radius 2 is 1.71 bits per heavy atom. The number of carbonyl (C=O) groups excluding carboxylic acids is 2. The summed E-state index contributed by atoms with van der Waals surface area (Å²) in [4.78, 5) is 27.1. The zero-order chi connectivity index (χ0) is 25.8. The van der Waals surface area contributed by atoms with Gasteiger partial charge in [0.2, 0.25) is 0 Å². The molecule has 188 valence electrons. The largest absolute Gasteiger partial charge is 0.507 e. The second kappa shape index (κ2) is 11.0. The molecule has 0 aliphatic heterocycles. The van der Waals surface area contributed by atoms with E-state index in [1.807, 2.05) is 38.1 Å². The number of benzene rings is 2. The van der Waals surface area contributed by atoms with Crippen LogP contribution in [-0.2, 0) is 22.6 Å². The normalized spacial score (nSPS) is 14.1. The molecule has 2 aromatic carbocycles. The predicted octanol–water partition coefficient (Wildman–Crippen LogP) is 4.76. The van der Waals surface area contributed by atoms with Gasteiger partial charge in [-0.1, -0.05) is 30.8 Å². The minimum atomic E-state index is -0.817. The third kappa shape index (κ3) is 6.63. The van der Waals surface area contributed by atoms with Crippen LogP contribution in [0.3, 0.4) is 0 Å². The number of rotatable bonds is 9. The standard InChI is InChI=1S/C28H36N2O5/c1-18(2)22-14-23(25(32)15-24(22)31)26(33)30(5)17-20-10-8-9-19(13-20)16-29-28(3,4)27(34)35-21-11-6-7-12-21/h8-10,13-15,21,29,31-32H,1,6-7,11-12,16-17H2,2-5H3. The molecule has 0 spiro atoms. The van der Waals surface area contributed by atoms with Crippen molar-refractivity contribution in [2.45, 2.75) is 71.2 Å². The average molecular weight is 481 g/mol. The maximum Gasteiger partial charge on any atom is 0.326 e. The van der Waals surface area contributed by atoms with Crippen molar-refractivity contribution in [1.82, 2.24) is 10.2 Å². The van der Waals surface area contributed by atoms with Crippen LogP contribution in [0.1, 0.15) is 73.5 Å². The molecule has 35 heavy (non-hydrogen) atoms. The van der Waals surface area contributed by atoms with E-state index in [1.165, 1.54) is 11.0 Å². The topological polar surface area (TPSA) is 99.1 Å². The minimum Gasteiger partial charge on any atom is -0.507 e. The highest BCUT2D eigenvalue weighted by molar-refractivity contribution is 5.98. The smallest absolute Gasteiger partial charge is 0.326 e. The number of ether oxygens (including phenoxy) is 1. The van der Waals surface area contributed by atoms with Gasteiger partial charge in [0, 0.05) is 31.8 Å². The Labute approximate surface area is 207 Å². The third-order valence-electron chi connectivity index (χ3n) is 6.38. The lowest BCUT2D eigenvalue weighted by Crippen LogP contribution is -2.48. The molecule has 3 rings (SSSR count). The zero-order valence-electron chi connectivity index (χ0n) is 21.1. The Balaban J connectivity index is 1.63. The van der Waals surface area contributed by atoms with Crippen LogP contribution in [0.4, 0.5) is 0 Å². The number of hydrogen-bond acceptors (Lipinski definition) is 6. The number of aromatic hydroxyl groups is 2. The summed E-state index contributed by atoms with van der Waals surface area (Å²) in [5, 5.41) is 23.5. The van der Waals surface area contributed by atoms with Crippen LogP contribution in [0.2, 0.25) is 0 Å². The molecule has 7 nitrogen and oxygen atoms in total. The van der Waals surface area contributed by atoms with E-state index in [0.29, 0.717) is 24.2 Å². The van der Waals surface area contributed by atoms with Crippen LogP contribution >= 0.6 is 0 Å². The van der Waals surface area contributed by atoms with Crippen molar-refractivity contribution >= 4 is 17.4 Å². The van der Waals surface area contributed by atoms with Crippen LogP contribution in [0.25, 0.3) is 5.57 Å². The molecular formula is C28H36N2O5. The summed E-state index contributed by atoms with van der Waals surface area (Å²) in [5.74, 6) is -1.02. The molecule has 1 aliphatic carbocycles. The lowest BCUT2D eigenvalue weighted by molar-refractivity contribution is -0.155. The highest BCUT2D eigenvalue weighted by atomic mass is 16.5. The lowest BCUT2D eigenvalue weighted by atomic mass is 10.0. The molecule has 7 heteroatoms. The number of amides is 1. The maximum atomic E-state index is 13.0. The molecule has 2 aromatic rings. The van der Waals surface area contributed by atoms with E-state index in [-0.39, 0.29) is 35.0 Å². The molecular weight excluding hydrogens is 444 g/mol. The first-order chi connectivity index (χ1) is 16.5. The number of nitrogens with zero attached hydrogens (tertiary/aromatic N) is 1. The number of nitrogens with one attached hydrogen (secondary N) is 1. The lowest BCUT2D eigenvalue weighted by Gasteiger charge is -2.26. The fourth-order valence-corrected chi connectivity index (χ4v) is 4.18. The number of esters is 1. The molecule has 3 N–H and O–H groups in total. The Bertz CT molecular complexity index is 1100. The van der Waals surface area contributed by atoms with Crippen molar-refractivity contribution in [3.8, 4) is 11.5 Å². The van der Waals surface area contributed by atoms with E-state index in [2.05, 4.69) is 11.9 Å². The van der Waals surface area contributed by atoms with Gasteiger partial charge in [-0.15, -0.1) is 0 Å². The number of phenolic OH excluding ortho intramolecular Hbond substituents is 2. The van der Waals surface area contributed by atoms with Gasteiger partial charge in [-0.2, -0.15) is 0 Å². The average Bonchev–Trinajstić information content (AvgIpc) is 3.30. The van der Waals surface area contributed by atoms with Crippen LogP contribution in [0.5, 0.6) is 11.5 Å². The fourth-order valence-electron chi connectivity index (χ4n) is 4.18. The predicted molar refractivity (Wildman–Crippen MR) is 136 cm³/mol. The SMILES string of the molecule is C=C(C)c1cc(C(=O)N(C)Cc2cccc(CNC(C)(C)C(=O)OC3CCCC3)c2)c(O)cc1O. The number of phenols is 2. The van der Waals surface area contributed by atoms with Crippen LogP contribution in [0.15, 0.2) is 43.0 Å². The van der Waals surface area contributed by atoms with Gasteiger partial charge in [0.1, 0.15) is 23.1 Å². The Kier molecular flexibility index (Phi) is 8.22. The second-order valence-corrected chi connectivity index (χ2v) is 9.94. The quantitative estimate of drug-likeness (QED) is 0.448. The molecule has 0 radical (unpaired) electrons. The van der Waals surface area contributed by atoms with Crippen molar-refractivity contribution in [1.29, 1.82) is 0 Å². The van der Waals surface area contributed by atoms with E-state index >= 15 is 0 Å². The summed E-state index contributed by atoms with van der Waals surface area (Å²) >= 11 is 0. The first kappa shape index (κ1) is 26.3. The number of allylic oxidation sites excluding steroid dienone is 1. The van der Waals surface area contributed by atoms with E-state index in [1.54, 1.807) is 14.0 Å². The summed E-state index contributed by atoms with van der Waals surface area (Å²) in [5.41, 5.74) is 2.18. The van der Waals surface area contributed by atoms with Gasteiger partial charge < -0.3 is 19.8 Å². The fraction of sp³-hybridized carbons (Fsp3) is 0.429. The zero-order valence-corrected chi connectivity index (χ0v) is 21.1. The number of carbonyl (C=O) groups is 2. The number of hydrogen-bond donors (Lipinski definition) is 3. The Morgan fingerprint density at radius 1 is 1.09 bits per heavy atom. The van der Waals surface area contributed by atoms with Crippen LogP contribution < -0.4 is 5.32 Å². The monoisotopic (exact) mass is 480 g/mol. The molecule has 1 amide bonds. The van der Waals surface area contributed by atoms with Gasteiger partial charge in [0.25, 0.3) is 5.91 Å². The first-order valence-corrected chi connectivity index (χ1v) is 12.0. The van der Waals surface area contributed by atoms with Crippen LogP contribution in [0, 0.1) is 0 Å². The summed E-state index contributed by atoms with van der Waals surface area (Å²) in [6.07, 6.45) is 4.12. The van der Waals surface area contributed by atoms with E-state index in [9.17, 15) is 19.8 Å². The van der Waals surface area contributed by atoms with Crippen molar-refractivity contribution in [2.24, 2.45) is 0 Å². The summed E-state index contributed by atoms with van der Waals surface area (Å²) in [7, 11) is 1.65. The Morgan fingerprint density at radius 3 is 2.37 bits per heavy atom. The van der Waals surface area contributed by atoms with Crippen molar-refractivity contribution in [2.75, 3.05) is 7.05 Å². The van der Waals surface area contributed by atoms with Gasteiger partial charge in [-0.05, 0) is 69.2 Å². The van der Waals surface area contributed by atoms with E-state index < -0.39 is 5.54 Å². The van der Waals surface area contributed by atoms with Gasteiger partial charge in [0.15, 0.2) is 0 Å². The molecule has 0 saturated heterocycles. The molecule has 0 atom stereocenters. The first-order valence-electron chi connectivity index (χ1n) is 12.0. The van der Waals surface area contributed by atoms with Gasteiger partial charge in [0.05, 0.1) is 5.56 Å². The van der Waals surface area contributed by atoms with E-state index in [4.69, 9.17) is 4.74 Å².